The van der Waals surface area contributed by atoms with Crippen LogP contribution in [-0.4, -0.2) is 23.9 Å². The quantitative estimate of drug-likeness (QED) is 0.472. The highest BCUT2D eigenvalue weighted by Crippen LogP contribution is 2.32. The predicted molar refractivity (Wildman–Crippen MR) is 94.6 cm³/mol. The van der Waals surface area contributed by atoms with E-state index in [1.54, 1.807) is 6.20 Å². The molecule has 0 spiro atoms. The molecule has 4 aromatic heterocycles. The Hall–Kier alpha value is -3.21. The summed E-state index contributed by atoms with van der Waals surface area (Å²) in [6, 6.07) is 10.5. The van der Waals surface area contributed by atoms with E-state index in [0.29, 0.717) is 0 Å². The van der Waals surface area contributed by atoms with Gasteiger partial charge in [-0.25, -0.2) is 9.97 Å². The molecule has 0 saturated heterocycles. The third-order valence-corrected chi connectivity index (χ3v) is 4.38. The summed E-state index contributed by atoms with van der Waals surface area (Å²) < 4.78 is 4.28. The van der Waals surface area contributed by atoms with Crippen LogP contribution in [0, 0.1) is 13.8 Å². The van der Waals surface area contributed by atoms with Crippen molar-refractivity contribution >= 4 is 27.7 Å². The Morgan fingerprint density at radius 1 is 0.917 bits per heavy atom. The molecule has 0 amide bonds. The number of hydrogen-bond acceptors (Lipinski definition) is 3. The van der Waals surface area contributed by atoms with Crippen LogP contribution in [0.15, 0.2) is 55.2 Å². The summed E-state index contributed by atoms with van der Waals surface area (Å²) in [7, 11) is 0. The lowest BCUT2D eigenvalue weighted by Gasteiger charge is -2.10. The zero-order chi connectivity index (χ0) is 16.3. The van der Waals surface area contributed by atoms with Gasteiger partial charge < -0.3 is 0 Å². The molecule has 0 aliphatic heterocycles. The lowest BCUT2D eigenvalue weighted by atomic mass is 10.1. The first-order chi connectivity index (χ1) is 11.7. The number of aryl methyl sites for hydroxylation is 2. The van der Waals surface area contributed by atoms with Crippen LogP contribution in [0.2, 0.25) is 0 Å². The Morgan fingerprint density at radius 2 is 1.71 bits per heavy atom. The molecule has 5 nitrogen and oxygen atoms in total. The Labute approximate surface area is 138 Å². The first kappa shape index (κ1) is 13.2. The number of imidazole rings is 1. The van der Waals surface area contributed by atoms with Crippen molar-refractivity contribution in [1.82, 2.24) is 23.9 Å². The van der Waals surface area contributed by atoms with Crippen LogP contribution in [0.25, 0.3) is 33.4 Å². The molecule has 0 N–H and O–H groups in total. The fourth-order valence-corrected chi connectivity index (χ4v) is 3.50. The van der Waals surface area contributed by atoms with Gasteiger partial charge in [-0.2, -0.15) is 0 Å². The molecule has 0 atom stereocenters. The minimum Gasteiger partial charge on any atom is -0.293 e. The number of rotatable bonds is 1. The van der Waals surface area contributed by atoms with Gasteiger partial charge in [0, 0.05) is 29.7 Å². The molecule has 0 radical (unpaired) electrons. The van der Waals surface area contributed by atoms with Crippen molar-refractivity contribution in [3.63, 3.8) is 0 Å². The fourth-order valence-electron chi connectivity index (χ4n) is 3.50. The second-order valence-electron chi connectivity index (χ2n) is 6.17. The number of hydrogen-bond donors (Lipinski definition) is 0. The van der Waals surface area contributed by atoms with Gasteiger partial charge in [0.25, 0.3) is 0 Å². The molecule has 4 heterocycles. The van der Waals surface area contributed by atoms with Gasteiger partial charge in [0.2, 0.25) is 0 Å². The highest BCUT2D eigenvalue weighted by molar-refractivity contribution is 6.06. The fraction of sp³-hybridized carbons (Fsp3) is 0.105. The molecule has 116 valence electrons. The molecule has 5 aromatic rings. The topological polar surface area (TPSA) is 48.0 Å². The minimum atomic E-state index is 0.888. The molecule has 0 aliphatic rings. The van der Waals surface area contributed by atoms with Gasteiger partial charge in [0.15, 0.2) is 5.65 Å². The summed E-state index contributed by atoms with van der Waals surface area (Å²) >= 11 is 0. The zero-order valence-electron chi connectivity index (χ0n) is 13.4. The van der Waals surface area contributed by atoms with Crippen LogP contribution in [0.1, 0.15) is 11.1 Å². The van der Waals surface area contributed by atoms with Gasteiger partial charge in [-0.05, 0) is 49.2 Å². The largest absolute Gasteiger partial charge is 0.293 e. The monoisotopic (exact) mass is 313 g/mol. The number of pyridine rings is 1. The smallest absolute Gasteiger partial charge is 0.152 e. The Balaban J connectivity index is 2.04. The van der Waals surface area contributed by atoms with Crippen molar-refractivity contribution in [2.45, 2.75) is 13.8 Å². The second-order valence-corrected chi connectivity index (χ2v) is 6.17. The van der Waals surface area contributed by atoms with Crippen LogP contribution < -0.4 is 0 Å². The molecule has 0 unspecified atom stereocenters. The first-order valence-corrected chi connectivity index (χ1v) is 7.87. The standard InChI is InChI=1S/C19H15N5/c1-12-7-13(2)9-14(8-12)24-16-3-5-20-10-15(16)18-19(24)23-11-21-6-4-17(23)22-18/h3-11H,1-2H3. The van der Waals surface area contributed by atoms with Crippen LogP contribution in [-0.2, 0) is 0 Å². The van der Waals surface area contributed by atoms with E-state index in [1.807, 2.05) is 35.3 Å². The predicted octanol–water partition coefficient (Wildman–Crippen LogP) is 3.84. The highest BCUT2D eigenvalue weighted by atomic mass is 15.2. The zero-order valence-corrected chi connectivity index (χ0v) is 13.4. The summed E-state index contributed by atoms with van der Waals surface area (Å²) in [5.41, 5.74) is 7.56. The minimum absolute atomic E-state index is 0.888. The van der Waals surface area contributed by atoms with Gasteiger partial charge in [-0.3, -0.25) is 14.0 Å². The number of fused-ring (bicyclic) bond motifs is 5. The molecule has 1 aromatic carbocycles. The maximum Gasteiger partial charge on any atom is 0.152 e. The van der Waals surface area contributed by atoms with E-state index in [1.165, 1.54) is 11.1 Å². The van der Waals surface area contributed by atoms with Crippen molar-refractivity contribution in [1.29, 1.82) is 0 Å². The van der Waals surface area contributed by atoms with Crippen LogP contribution in [0.5, 0.6) is 0 Å². The van der Waals surface area contributed by atoms with Crippen molar-refractivity contribution in [2.75, 3.05) is 0 Å². The molecule has 5 heteroatoms. The van der Waals surface area contributed by atoms with Gasteiger partial charge in [0.05, 0.1) is 5.52 Å². The third kappa shape index (κ3) is 1.72. The maximum absolute atomic E-state index is 4.80. The SMILES string of the molecule is Cc1cc(C)cc(-n2c3ccncc3c3nc4ccncn4c32)c1. The van der Waals surface area contributed by atoms with Crippen molar-refractivity contribution in [2.24, 2.45) is 0 Å². The molecule has 0 saturated carbocycles. The summed E-state index contributed by atoms with van der Waals surface area (Å²) in [5.74, 6) is 0. The van der Waals surface area contributed by atoms with Crippen LogP contribution in [0.4, 0.5) is 0 Å². The first-order valence-electron chi connectivity index (χ1n) is 7.87. The molecular formula is C19H15N5. The van der Waals surface area contributed by atoms with Gasteiger partial charge in [0.1, 0.15) is 17.5 Å². The Morgan fingerprint density at radius 3 is 2.54 bits per heavy atom. The molecule has 0 fully saturated rings. The van der Waals surface area contributed by atoms with E-state index in [-0.39, 0.29) is 0 Å². The van der Waals surface area contributed by atoms with E-state index < -0.39 is 0 Å². The summed E-state index contributed by atoms with van der Waals surface area (Å²) in [5, 5.41) is 1.05. The molecular weight excluding hydrogens is 298 g/mol. The van der Waals surface area contributed by atoms with E-state index in [4.69, 9.17) is 4.98 Å². The van der Waals surface area contributed by atoms with E-state index in [0.717, 1.165) is 33.4 Å². The van der Waals surface area contributed by atoms with Gasteiger partial charge >= 0.3 is 0 Å². The summed E-state index contributed by atoms with van der Waals surface area (Å²) in [6.45, 7) is 4.24. The average molecular weight is 313 g/mol. The Kier molecular flexibility index (Phi) is 2.56. The second kappa shape index (κ2) is 4.64. The van der Waals surface area contributed by atoms with Crippen molar-refractivity contribution in [3.05, 3.63) is 66.4 Å². The normalized spacial score (nSPS) is 11.8. The molecule has 0 bridgehead atoms. The lowest BCUT2D eigenvalue weighted by molar-refractivity contribution is 1.05. The molecule has 24 heavy (non-hydrogen) atoms. The third-order valence-electron chi connectivity index (χ3n) is 4.38. The number of nitrogens with zero attached hydrogens (tertiary/aromatic N) is 5. The van der Waals surface area contributed by atoms with E-state index in [9.17, 15) is 0 Å². The van der Waals surface area contributed by atoms with Crippen LogP contribution in [0.3, 0.4) is 0 Å². The Bertz CT molecular complexity index is 1200. The summed E-state index contributed by atoms with van der Waals surface area (Å²) in [6.07, 6.45) is 7.29. The molecule has 5 rings (SSSR count). The van der Waals surface area contributed by atoms with E-state index >= 15 is 0 Å². The lowest BCUT2D eigenvalue weighted by Crippen LogP contribution is -1.99. The number of aromatic nitrogens is 5. The van der Waals surface area contributed by atoms with Gasteiger partial charge in [-0.15, -0.1) is 0 Å². The van der Waals surface area contributed by atoms with Crippen LogP contribution >= 0.6 is 0 Å². The van der Waals surface area contributed by atoms with Gasteiger partial charge in [-0.1, -0.05) is 6.07 Å². The average Bonchev–Trinajstić information content (AvgIpc) is 3.08. The maximum atomic E-state index is 4.80. The van der Waals surface area contributed by atoms with Crippen molar-refractivity contribution in [3.8, 4) is 5.69 Å². The van der Waals surface area contributed by atoms with Crippen molar-refractivity contribution < 1.29 is 0 Å². The highest BCUT2D eigenvalue weighted by Gasteiger charge is 2.18. The molecule has 0 aliphatic carbocycles. The summed E-state index contributed by atoms with van der Waals surface area (Å²) in [4.78, 5) is 13.4. The van der Waals surface area contributed by atoms with E-state index in [2.05, 4.69) is 46.6 Å². The number of benzene rings is 1.